The number of ether oxygens (including phenoxy) is 3. The Hall–Kier alpha value is -1.88. The monoisotopic (exact) mass is 404 g/mol. The molecular formula is C24H36O5. The molecule has 0 saturated heterocycles. The van der Waals surface area contributed by atoms with Gasteiger partial charge in [-0.15, -0.1) is 0 Å². The van der Waals surface area contributed by atoms with Crippen LogP contribution >= 0.6 is 0 Å². The summed E-state index contributed by atoms with van der Waals surface area (Å²) in [5.41, 5.74) is 1.13. The highest BCUT2D eigenvalue weighted by molar-refractivity contribution is 5.69. The molecular weight excluding hydrogens is 368 g/mol. The van der Waals surface area contributed by atoms with E-state index in [-0.39, 0.29) is 24.1 Å². The van der Waals surface area contributed by atoms with Crippen molar-refractivity contribution in [2.24, 2.45) is 0 Å². The van der Waals surface area contributed by atoms with E-state index in [2.05, 4.69) is 0 Å². The van der Waals surface area contributed by atoms with E-state index < -0.39 is 0 Å². The molecule has 29 heavy (non-hydrogen) atoms. The summed E-state index contributed by atoms with van der Waals surface area (Å²) in [4.78, 5) is 23.7. The average molecular weight is 405 g/mol. The summed E-state index contributed by atoms with van der Waals surface area (Å²) < 4.78 is 16.8. The number of carbonyl (C=O) groups is 2. The Kier molecular flexibility index (Phi) is 11.4. The summed E-state index contributed by atoms with van der Waals surface area (Å²) in [6.45, 7) is 2.90. The molecule has 0 radical (unpaired) electrons. The number of esters is 2. The Morgan fingerprint density at radius 2 is 1.76 bits per heavy atom. The van der Waals surface area contributed by atoms with E-state index in [1.807, 2.05) is 30.3 Å². The van der Waals surface area contributed by atoms with E-state index >= 15 is 0 Å². The van der Waals surface area contributed by atoms with Gasteiger partial charge < -0.3 is 14.2 Å². The van der Waals surface area contributed by atoms with Gasteiger partial charge in [0.1, 0.15) is 12.2 Å². The average Bonchev–Trinajstić information content (AvgIpc) is 2.75. The number of unbranched alkanes of at least 4 members (excludes halogenated alkanes) is 1. The molecule has 0 aromatic heterocycles. The van der Waals surface area contributed by atoms with Crippen molar-refractivity contribution in [1.82, 2.24) is 0 Å². The van der Waals surface area contributed by atoms with E-state index in [0.29, 0.717) is 32.5 Å². The minimum atomic E-state index is -0.185. The summed E-state index contributed by atoms with van der Waals surface area (Å²) in [6, 6.07) is 10.0. The fourth-order valence-electron chi connectivity index (χ4n) is 3.58. The molecule has 0 bridgehead atoms. The Labute approximate surface area is 175 Å². The third-order valence-corrected chi connectivity index (χ3v) is 5.29. The second-order valence-electron chi connectivity index (χ2n) is 7.79. The van der Waals surface area contributed by atoms with Crippen LogP contribution in [0.4, 0.5) is 0 Å². The lowest BCUT2D eigenvalue weighted by Crippen LogP contribution is -2.21. The van der Waals surface area contributed by atoms with E-state index in [0.717, 1.165) is 50.5 Å². The lowest BCUT2D eigenvalue weighted by molar-refractivity contribution is -0.152. The molecule has 1 aromatic carbocycles. The van der Waals surface area contributed by atoms with Gasteiger partial charge in [0, 0.05) is 19.3 Å². The number of hydrogen-bond donors (Lipinski definition) is 0. The fraction of sp³-hybridized carbons (Fsp3) is 0.667. The van der Waals surface area contributed by atoms with Crippen LogP contribution in [0.1, 0.15) is 83.1 Å². The van der Waals surface area contributed by atoms with Crippen molar-refractivity contribution in [3.63, 3.8) is 0 Å². The van der Waals surface area contributed by atoms with Gasteiger partial charge >= 0.3 is 11.9 Å². The first-order valence-electron chi connectivity index (χ1n) is 11.2. The van der Waals surface area contributed by atoms with Crippen LogP contribution in [-0.2, 0) is 30.4 Å². The highest BCUT2D eigenvalue weighted by atomic mass is 16.5. The summed E-state index contributed by atoms with van der Waals surface area (Å²) in [5, 5.41) is 0. The van der Waals surface area contributed by atoms with Gasteiger partial charge in [-0.1, -0.05) is 43.7 Å². The summed E-state index contributed by atoms with van der Waals surface area (Å²) in [6.07, 6.45) is 9.37. The molecule has 0 amide bonds. The molecule has 1 aromatic rings. The third-order valence-electron chi connectivity index (χ3n) is 5.29. The predicted molar refractivity (Wildman–Crippen MR) is 112 cm³/mol. The zero-order valence-corrected chi connectivity index (χ0v) is 17.8. The van der Waals surface area contributed by atoms with Crippen LogP contribution in [0.2, 0.25) is 0 Å². The maximum absolute atomic E-state index is 12.0. The van der Waals surface area contributed by atoms with Crippen molar-refractivity contribution in [3.05, 3.63) is 35.9 Å². The Balaban J connectivity index is 1.62. The molecule has 0 unspecified atom stereocenters. The van der Waals surface area contributed by atoms with Crippen molar-refractivity contribution in [2.75, 3.05) is 6.61 Å². The molecule has 0 N–H and O–H groups in total. The predicted octanol–water partition coefficient (Wildman–Crippen LogP) is 5.35. The zero-order chi connectivity index (χ0) is 20.7. The minimum absolute atomic E-state index is 0.0924. The normalized spacial score (nSPS) is 15.6. The molecule has 2 rings (SSSR count). The maximum Gasteiger partial charge on any atom is 0.306 e. The highest BCUT2D eigenvalue weighted by Gasteiger charge is 2.18. The van der Waals surface area contributed by atoms with Gasteiger partial charge in [-0.25, -0.2) is 0 Å². The van der Waals surface area contributed by atoms with E-state index in [9.17, 15) is 9.59 Å². The van der Waals surface area contributed by atoms with Gasteiger partial charge in [0.25, 0.3) is 0 Å². The Bertz CT molecular complexity index is 580. The summed E-state index contributed by atoms with van der Waals surface area (Å²) in [7, 11) is 0. The number of hydrogen-bond acceptors (Lipinski definition) is 5. The smallest absolute Gasteiger partial charge is 0.306 e. The summed E-state index contributed by atoms with van der Waals surface area (Å²) in [5.74, 6) is -0.278. The molecule has 1 saturated carbocycles. The van der Waals surface area contributed by atoms with Crippen LogP contribution in [0.15, 0.2) is 30.3 Å². The Morgan fingerprint density at radius 3 is 2.48 bits per heavy atom. The van der Waals surface area contributed by atoms with Crippen molar-refractivity contribution in [3.8, 4) is 0 Å². The maximum atomic E-state index is 12.0. The van der Waals surface area contributed by atoms with Crippen molar-refractivity contribution in [1.29, 1.82) is 0 Å². The molecule has 5 nitrogen and oxygen atoms in total. The first kappa shape index (κ1) is 23.4. The number of benzene rings is 1. The van der Waals surface area contributed by atoms with Crippen LogP contribution in [0, 0.1) is 0 Å². The summed E-state index contributed by atoms with van der Waals surface area (Å²) >= 11 is 0. The van der Waals surface area contributed by atoms with Crippen LogP contribution in [0.5, 0.6) is 0 Å². The largest absolute Gasteiger partial charge is 0.462 e. The standard InChI is InChI=1S/C24H36O5/c1-2-23(25)28-22(17-18-27-19-20-11-5-3-6-12-20)15-9-10-16-24(26)29-21-13-7-4-8-14-21/h3,5-6,11-12,21-22H,2,4,7-10,13-19H2,1H3/t22-/m0/s1. The van der Waals surface area contributed by atoms with Gasteiger partial charge in [-0.3, -0.25) is 9.59 Å². The molecule has 1 aliphatic rings. The lowest BCUT2D eigenvalue weighted by Gasteiger charge is -2.22. The molecule has 1 aliphatic carbocycles. The van der Waals surface area contributed by atoms with Crippen molar-refractivity contribution >= 4 is 11.9 Å². The molecule has 0 aliphatic heterocycles. The van der Waals surface area contributed by atoms with Gasteiger partial charge in [0.15, 0.2) is 0 Å². The lowest BCUT2D eigenvalue weighted by atomic mass is 9.98. The van der Waals surface area contributed by atoms with E-state index in [1.165, 1.54) is 6.42 Å². The quantitative estimate of drug-likeness (QED) is 0.327. The second-order valence-corrected chi connectivity index (χ2v) is 7.79. The first-order valence-corrected chi connectivity index (χ1v) is 11.2. The number of carbonyl (C=O) groups excluding carboxylic acids is 2. The van der Waals surface area contributed by atoms with E-state index in [1.54, 1.807) is 6.92 Å². The zero-order valence-electron chi connectivity index (χ0n) is 17.8. The molecule has 0 spiro atoms. The third kappa shape index (κ3) is 10.5. The van der Waals surface area contributed by atoms with Gasteiger partial charge in [-0.05, 0) is 50.5 Å². The topological polar surface area (TPSA) is 61.8 Å². The minimum Gasteiger partial charge on any atom is -0.462 e. The van der Waals surface area contributed by atoms with Gasteiger partial charge in [0.2, 0.25) is 0 Å². The highest BCUT2D eigenvalue weighted by Crippen LogP contribution is 2.21. The molecule has 1 atom stereocenters. The number of rotatable bonds is 13. The van der Waals surface area contributed by atoms with Gasteiger partial charge in [0.05, 0.1) is 13.2 Å². The molecule has 0 heterocycles. The van der Waals surface area contributed by atoms with Crippen LogP contribution in [0.25, 0.3) is 0 Å². The molecule has 162 valence electrons. The van der Waals surface area contributed by atoms with E-state index in [4.69, 9.17) is 14.2 Å². The first-order chi connectivity index (χ1) is 14.2. The molecule has 1 fully saturated rings. The fourth-order valence-corrected chi connectivity index (χ4v) is 3.58. The van der Waals surface area contributed by atoms with Gasteiger partial charge in [-0.2, -0.15) is 0 Å². The van der Waals surface area contributed by atoms with Crippen molar-refractivity contribution in [2.45, 2.75) is 96.4 Å². The van der Waals surface area contributed by atoms with Crippen molar-refractivity contribution < 1.29 is 23.8 Å². The second kappa shape index (κ2) is 14.2. The Morgan fingerprint density at radius 1 is 1.00 bits per heavy atom. The SMILES string of the molecule is CCC(=O)O[C@@H](CCCCC(=O)OC1CCCCC1)CCOCc1ccccc1. The van der Waals surface area contributed by atoms with Crippen LogP contribution in [0.3, 0.4) is 0 Å². The van der Waals surface area contributed by atoms with Crippen LogP contribution in [-0.4, -0.2) is 30.8 Å². The van der Waals surface area contributed by atoms with Crippen LogP contribution < -0.4 is 0 Å². The molecule has 5 heteroatoms.